The number of aromatic nitrogens is 2. The van der Waals surface area contributed by atoms with E-state index in [1.54, 1.807) is 11.8 Å². The van der Waals surface area contributed by atoms with Crippen LogP contribution in [-0.2, 0) is 10.5 Å². The van der Waals surface area contributed by atoms with E-state index in [2.05, 4.69) is 34.8 Å². The Labute approximate surface area is 129 Å². The van der Waals surface area contributed by atoms with Crippen LogP contribution in [0.5, 0.6) is 0 Å². The number of rotatable bonds is 7. The van der Waals surface area contributed by atoms with Crippen molar-refractivity contribution in [3.8, 4) is 0 Å². The molecular formula is C15H22N4OS. The maximum atomic E-state index is 11.7. The second-order valence-corrected chi connectivity index (χ2v) is 6.18. The van der Waals surface area contributed by atoms with Gasteiger partial charge in [-0.2, -0.15) is 0 Å². The van der Waals surface area contributed by atoms with E-state index in [9.17, 15) is 4.79 Å². The molecule has 2 heterocycles. The third-order valence-electron chi connectivity index (χ3n) is 3.23. The second kappa shape index (κ2) is 7.47. The van der Waals surface area contributed by atoms with E-state index in [1.807, 2.05) is 30.6 Å². The average Bonchev–Trinajstić information content (AvgIpc) is 2.86. The van der Waals surface area contributed by atoms with Crippen LogP contribution in [0.3, 0.4) is 0 Å². The lowest BCUT2D eigenvalue weighted by Crippen LogP contribution is -2.37. The Hall–Kier alpha value is -1.53. The van der Waals surface area contributed by atoms with Gasteiger partial charge in [-0.05, 0) is 32.5 Å². The Balaban J connectivity index is 1.78. The summed E-state index contributed by atoms with van der Waals surface area (Å²) in [7, 11) is 1.89. The highest BCUT2D eigenvalue weighted by molar-refractivity contribution is 7.99. The fourth-order valence-corrected chi connectivity index (χ4v) is 2.63. The topological polar surface area (TPSA) is 58.4 Å². The van der Waals surface area contributed by atoms with Crippen LogP contribution in [0.15, 0.2) is 24.5 Å². The smallest absolute Gasteiger partial charge is 0.230 e. The normalized spacial score (nSPS) is 12.5. The molecule has 0 radical (unpaired) electrons. The number of likely N-dealkylation sites (N-methyl/N-ethyl adjacent to an activating group) is 1. The van der Waals surface area contributed by atoms with Crippen molar-refractivity contribution in [2.75, 3.05) is 19.3 Å². The van der Waals surface area contributed by atoms with Crippen LogP contribution < -0.4 is 10.6 Å². The number of aryl methyl sites for hydroxylation is 1. The molecule has 2 rings (SSSR count). The summed E-state index contributed by atoms with van der Waals surface area (Å²) < 4.78 is 2.03. The van der Waals surface area contributed by atoms with Gasteiger partial charge in [-0.1, -0.05) is 6.07 Å². The Bertz CT molecular complexity index is 611. The molecule has 0 aliphatic rings. The molecule has 0 bridgehead atoms. The first-order valence-corrected chi connectivity index (χ1v) is 8.20. The van der Waals surface area contributed by atoms with E-state index >= 15 is 0 Å². The predicted octanol–water partition coefficient (Wildman–Crippen LogP) is 1.60. The highest BCUT2D eigenvalue weighted by atomic mass is 32.2. The number of carbonyl (C=O) groups excluding carboxylic acids is 1. The number of fused-ring (bicyclic) bond motifs is 1. The summed E-state index contributed by atoms with van der Waals surface area (Å²) in [5.74, 6) is 1.28. The molecule has 114 valence electrons. The monoisotopic (exact) mass is 306 g/mol. The van der Waals surface area contributed by atoms with Crippen molar-refractivity contribution in [2.45, 2.75) is 25.6 Å². The Kier molecular flexibility index (Phi) is 5.64. The van der Waals surface area contributed by atoms with Crippen LogP contribution >= 0.6 is 11.8 Å². The Morgan fingerprint density at radius 2 is 2.24 bits per heavy atom. The molecule has 1 unspecified atom stereocenters. The van der Waals surface area contributed by atoms with Gasteiger partial charge in [0.15, 0.2) is 0 Å². The molecular weight excluding hydrogens is 284 g/mol. The highest BCUT2D eigenvalue weighted by Gasteiger charge is 2.06. The van der Waals surface area contributed by atoms with E-state index in [1.165, 1.54) is 5.56 Å². The van der Waals surface area contributed by atoms with Gasteiger partial charge < -0.3 is 15.0 Å². The minimum Gasteiger partial charge on any atom is -0.354 e. The van der Waals surface area contributed by atoms with Crippen LogP contribution in [0.25, 0.3) is 5.65 Å². The zero-order chi connectivity index (χ0) is 15.2. The molecule has 0 aliphatic heterocycles. The fourth-order valence-electron chi connectivity index (χ4n) is 1.89. The standard InChI is InChI=1S/C15H22N4OS/c1-11-4-5-14-18-13(8-19(14)7-11)9-21-10-15(20)17-6-12(2)16-3/h4-5,7-8,12,16H,6,9-10H2,1-3H3,(H,17,20). The molecule has 6 heteroatoms. The molecule has 1 amide bonds. The highest BCUT2D eigenvalue weighted by Crippen LogP contribution is 2.13. The van der Waals surface area contributed by atoms with Gasteiger partial charge in [0.2, 0.25) is 5.91 Å². The van der Waals surface area contributed by atoms with Crippen molar-refractivity contribution in [1.82, 2.24) is 20.0 Å². The quantitative estimate of drug-likeness (QED) is 0.816. The Morgan fingerprint density at radius 1 is 1.43 bits per heavy atom. The fraction of sp³-hybridized carbons (Fsp3) is 0.467. The molecule has 0 fully saturated rings. The third kappa shape index (κ3) is 4.75. The van der Waals surface area contributed by atoms with Gasteiger partial charge in [0.1, 0.15) is 5.65 Å². The summed E-state index contributed by atoms with van der Waals surface area (Å²) in [5.41, 5.74) is 3.16. The molecule has 21 heavy (non-hydrogen) atoms. The van der Waals surface area contributed by atoms with E-state index < -0.39 is 0 Å². The number of hydrogen-bond donors (Lipinski definition) is 2. The molecule has 2 aromatic heterocycles. The molecule has 1 atom stereocenters. The van der Waals surface area contributed by atoms with E-state index in [0.717, 1.165) is 17.1 Å². The summed E-state index contributed by atoms with van der Waals surface area (Å²) in [6.45, 7) is 4.75. The molecule has 2 N–H and O–H groups in total. The van der Waals surface area contributed by atoms with Crippen molar-refractivity contribution >= 4 is 23.3 Å². The summed E-state index contributed by atoms with van der Waals surface area (Å²) in [6.07, 6.45) is 4.08. The van der Waals surface area contributed by atoms with Gasteiger partial charge in [0.05, 0.1) is 11.4 Å². The average molecular weight is 306 g/mol. The van der Waals surface area contributed by atoms with Crippen molar-refractivity contribution in [3.05, 3.63) is 35.8 Å². The van der Waals surface area contributed by atoms with Gasteiger partial charge in [0.25, 0.3) is 0 Å². The lowest BCUT2D eigenvalue weighted by molar-refractivity contribution is -0.118. The predicted molar refractivity (Wildman–Crippen MR) is 87.6 cm³/mol. The molecule has 5 nitrogen and oxygen atoms in total. The maximum absolute atomic E-state index is 11.7. The first kappa shape index (κ1) is 15.9. The summed E-state index contributed by atoms with van der Waals surface area (Å²) in [4.78, 5) is 16.2. The molecule has 0 aromatic carbocycles. The molecule has 0 saturated heterocycles. The molecule has 0 saturated carbocycles. The van der Waals surface area contributed by atoms with E-state index in [-0.39, 0.29) is 5.91 Å². The van der Waals surface area contributed by atoms with Crippen molar-refractivity contribution in [1.29, 1.82) is 0 Å². The van der Waals surface area contributed by atoms with Crippen molar-refractivity contribution < 1.29 is 4.79 Å². The number of nitrogens with zero attached hydrogens (tertiary/aromatic N) is 2. The van der Waals surface area contributed by atoms with Gasteiger partial charge in [-0.15, -0.1) is 11.8 Å². The number of amides is 1. The van der Waals surface area contributed by atoms with Crippen LogP contribution in [0.1, 0.15) is 18.2 Å². The van der Waals surface area contributed by atoms with Crippen LogP contribution in [0.4, 0.5) is 0 Å². The minimum absolute atomic E-state index is 0.0710. The van der Waals surface area contributed by atoms with Crippen LogP contribution in [-0.4, -0.2) is 40.7 Å². The summed E-state index contributed by atoms with van der Waals surface area (Å²) >= 11 is 1.58. The lowest BCUT2D eigenvalue weighted by Gasteiger charge is -2.10. The van der Waals surface area contributed by atoms with Crippen LogP contribution in [0, 0.1) is 6.92 Å². The van der Waals surface area contributed by atoms with Gasteiger partial charge in [-0.3, -0.25) is 4.79 Å². The van der Waals surface area contributed by atoms with Gasteiger partial charge in [0, 0.05) is 30.7 Å². The number of thioether (sulfide) groups is 1. The molecule has 0 aliphatic carbocycles. The van der Waals surface area contributed by atoms with Gasteiger partial charge >= 0.3 is 0 Å². The zero-order valence-electron chi connectivity index (χ0n) is 12.7. The van der Waals surface area contributed by atoms with E-state index in [0.29, 0.717) is 18.3 Å². The maximum Gasteiger partial charge on any atom is 0.230 e. The van der Waals surface area contributed by atoms with Gasteiger partial charge in [-0.25, -0.2) is 4.98 Å². The van der Waals surface area contributed by atoms with Crippen molar-refractivity contribution in [3.63, 3.8) is 0 Å². The first-order chi connectivity index (χ1) is 10.1. The number of pyridine rings is 1. The lowest BCUT2D eigenvalue weighted by atomic mass is 10.3. The summed E-state index contributed by atoms with van der Waals surface area (Å²) in [6, 6.07) is 4.35. The molecule has 0 spiro atoms. The van der Waals surface area contributed by atoms with E-state index in [4.69, 9.17) is 0 Å². The number of imidazole rings is 1. The second-order valence-electron chi connectivity index (χ2n) is 5.19. The summed E-state index contributed by atoms with van der Waals surface area (Å²) in [5, 5.41) is 5.99. The van der Waals surface area contributed by atoms with Crippen molar-refractivity contribution in [2.24, 2.45) is 0 Å². The number of carbonyl (C=O) groups is 1. The first-order valence-electron chi connectivity index (χ1n) is 7.04. The third-order valence-corrected chi connectivity index (χ3v) is 4.20. The number of hydrogen-bond acceptors (Lipinski definition) is 4. The number of nitrogens with one attached hydrogen (secondary N) is 2. The molecule has 2 aromatic rings. The largest absolute Gasteiger partial charge is 0.354 e. The minimum atomic E-state index is 0.0710. The Morgan fingerprint density at radius 3 is 3.00 bits per heavy atom. The van der Waals surface area contributed by atoms with Crippen LogP contribution in [0.2, 0.25) is 0 Å². The zero-order valence-corrected chi connectivity index (χ0v) is 13.5. The SMILES string of the molecule is CNC(C)CNC(=O)CSCc1cn2cc(C)ccc2n1.